The minimum Gasteiger partial charge on any atom is -0.458 e. The van der Waals surface area contributed by atoms with Crippen LogP contribution in [0.2, 0.25) is 0 Å². The van der Waals surface area contributed by atoms with Crippen LogP contribution in [-0.2, 0) is 4.74 Å². The summed E-state index contributed by atoms with van der Waals surface area (Å²) in [6, 6.07) is 8.84. The zero-order valence-corrected chi connectivity index (χ0v) is 9.87. The van der Waals surface area contributed by atoms with Crippen molar-refractivity contribution in [1.82, 2.24) is 0 Å². The molecule has 0 bridgehead atoms. The third-order valence-electron chi connectivity index (χ3n) is 2.85. The van der Waals surface area contributed by atoms with E-state index in [-0.39, 0.29) is 12.6 Å². The van der Waals surface area contributed by atoms with Crippen LogP contribution in [0.25, 0.3) is 10.4 Å². The van der Waals surface area contributed by atoms with Gasteiger partial charge >= 0.3 is 5.97 Å². The lowest BCUT2D eigenvalue weighted by atomic mass is 10.2. The Labute approximate surface area is 105 Å². The second-order valence-corrected chi connectivity index (χ2v) is 4.04. The summed E-state index contributed by atoms with van der Waals surface area (Å²) in [5, 5.41) is 3.62. The minimum atomic E-state index is -0.352. The Kier molecular flexibility index (Phi) is 3.99. The number of hydrogen-bond acceptors (Lipinski definition) is 3. The Morgan fingerprint density at radius 3 is 2.83 bits per heavy atom. The molecule has 0 fully saturated rings. The molecule has 0 atom stereocenters. The molecule has 0 radical (unpaired) electrons. The first-order valence-electron chi connectivity index (χ1n) is 5.79. The molecular formula is C13H13N3O2. The van der Waals surface area contributed by atoms with Crippen molar-refractivity contribution in [3.8, 4) is 0 Å². The van der Waals surface area contributed by atoms with E-state index in [1.54, 1.807) is 24.3 Å². The SMILES string of the molecule is [N-]=[N+]=NC1=C(COC(=O)c2ccccc2)CCC1. The molecule has 0 heterocycles. The Morgan fingerprint density at radius 2 is 2.11 bits per heavy atom. The van der Waals surface area contributed by atoms with Gasteiger partial charge in [0.1, 0.15) is 6.61 Å². The van der Waals surface area contributed by atoms with Crippen LogP contribution in [0.15, 0.2) is 46.7 Å². The van der Waals surface area contributed by atoms with E-state index in [1.165, 1.54) is 0 Å². The molecule has 0 aromatic heterocycles. The van der Waals surface area contributed by atoms with Gasteiger partial charge in [0.15, 0.2) is 0 Å². The Bertz CT molecular complexity index is 516. The van der Waals surface area contributed by atoms with Crippen molar-refractivity contribution in [2.45, 2.75) is 19.3 Å². The van der Waals surface area contributed by atoms with Gasteiger partial charge in [0.05, 0.1) is 5.56 Å². The van der Waals surface area contributed by atoms with Gasteiger partial charge in [0.2, 0.25) is 0 Å². The fraction of sp³-hybridized carbons (Fsp3) is 0.308. The summed E-state index contributed by atoms with van der Waals surface area (Å²) in [5.74, 6) is -0.352. The van der Waals surface area contributed by atoms with E-state index in [0.29, 0.717) is 5.56 Å². The third-order valence-corrected chi connectivity index (χ3v) is 2.85. The number of nitrogens with zero attached hydrogens (tertiary/aromatic N) is 3. The zero-order chi connectivity index (χ0) is 12.8. The number of benzene rings is 1. The molecule has 0 unspecified atom stereocenters. The summed E-state index contributed by atoms with van der Waals surface area (Å²) < 4.78 is 5.21. The second kappa shape index (κ2) is 5.89. The summed E-state index contributed by atoms with van der Waals surface area (Å²) >= 11 is 0. The second-order valence-electron chi connectivity index (χ2n) is 4.04. The fourth-order valence-corrected chi connectivity index (χ4v) is 1.93. The van der Waals surface area contributed by atoms with Crippen molar-refractivity contribution < 1.29 is 9.53 Å². The first-order valence-corrected chi connectivity index (χ1v) is 5.79. The highest BCUT2D eigenvalue weighted by molar-refractivity contribution is 5.89. The number of allylic oxidation sites excluding steroid dienone is 1. The lowest BCUT2D eigenvalue weighted by Gasteiger charge is -2.06. The molecule has 0 spiro atoms. The number of carbonyl (C=O) groups excluding carboxylic acids is 1. The maximum absolute atomic E-state index is 11.7. The summed E-state index contributed by atoms with van der Waals surface area (Å²) in [6.07, 6.45) is 2.55. The molecule has 1 aromatic carbocycles. The van der Waals surface area contributed by atoms with Crippen molar-refractivity contribution >= 4 is 5.97 Å². The Morgan fingerprint density at radius 1 is 1.33 bits per heavy atom. The Balaban J connectivity index is 1.98. The van der Waals surface area contributed by atoms with Gasteiger partial charge in [-0.15, -0.1) is 0 Å². The fourth-order valence-electron chi connectivity index (χ4n) is 1.93. The van der Waals surface area contributed by atoms with Crippen molar-refractivity contribution in [2.75, 3.05) is 6.61 Å². The van der Waals surface area contributed by atoms with Crippen LogP contribution < -0.4 is 0 Å². The van der Waals surface area contributed by atoms with E-state index in [2.05, 4.69) is 10.0 Å². The van der Waals surface area contributed by atoms with E-state index in [0.717, 1.165) is 30.5 Å². The number of carbonyl (C=O) groups is 1. The number of azide groups is 1. The Hall–Kier alpha value is -2.26. The van der Waals surface area contributed by atoms with Gasteiger partial charge in [-0.05, 0) is 42.5 Å². The third kappa shape index (κ3) is 2.90. The van der Waals surface area contributed by atoms with Crippen LogP contribution >= 0.6 is 0 Å². The first-order chi connectivity index (χ1) is 8.81. The molecule has 1 aliphatic rings. The smallest absolute Gasteiger partial charge is 0.338 e. The lowest BCUT2D eigenvalue weighted by molar-refractivity contribution is 0.0538. The highest BCUT2D eigenvalue weighted by Crippen LogP contribution is 2.27. The highest BCUT2D eigenvalue weighted by atomic mass is 16.5. The molecular weight excluding hydrogens is 230 g/mol. The predicted molar refractivity (Wildman–Crippen MR) is 66.7 cm³/mol. The summed E-state index contributed by atoms with van der Waals surface area (Å²) in [6.45, 7) is 0.210. The van der Waals surface area contributed by atoms with Crippen LogP contribution in [0.4, 0.5) is 0 Å². The van der Waals surface area contributed by atoms with E-state index in [9.17, 15) is 4.79 Å². The molecule has 92 valence electrons. The molecule has 2 rings (SSSR count). The molecule has 18 heavy (non-hydrogen) atoms. The minimum absolute atomic E-state index is 0.210. The van der Waals surface area contributed by atoms with Gasteiger partial charge in [-0.1, -0.05) is 23.3 Å². The maximum atomic E-state index is 11.7. The van der Waals surface area contributed by atoms with Crippen molar-refractivity contribution in [1.29, 1.82) is 0 Å². The summed E-state index contributed by atoms with van der Waals surface area (Å²) in [4.78, 5) is 14.5. The number of rotatable bonds is 4. The van der Waals surface area contributed by atoms with Gasteiger partial charge in [-0.3, -0.25) is 0 Å². The number of esters is 1. The molecule has 0 aliphatic heterocycles. The molecule has 5 heteroatoms. The van der Waals surface area contributed by atoms with Gasteiger partial charge in [-0.2, -0.15) is 0 Å². The molecule has 5 nitrogen and oxygen atoms in total. The normalized spacial score (nSPS) is 14.2. The van der Waals surface area contributed by atoms with Gasteiger partial charge in [0, 0.05) is 10.6 Å². The van der Waals surface area contributed by atoms with Gasteiger partial charge in [-0.25, -0.2) is 4.79 Å². The molecule has 0 saturated carbocycles. The average molecular weight is 243 g/mol. The molecule has 1 aromatic rings. The van der Waals surface area contributed by atoms with Crippen LogP contribution in [0.1, 0.15) is 29.6 Å². The van der Waals surface area contributed by atoms with Crippen LogP contribution in [0, 0.1) is 0 Å². The van der Waals surface area contributed by atoms with Crippen LogP contribution in [0.3, 0.4) is 0 Å². The summed E-state index contributed by atoms with van der Waals surface area (Å²) in [5.41, 5.74) is 10.6. The van der Waals surface area contributed by atoms with Crippen molar-refractivity contribution in [3.05, 3.63) is 57.6 Å². The quantitative estimate of drug-likeness (QED) is 0.350. The molecule has 0 N–H and O–H groups in total. The lowest BCUT2D eigenvalue weighted by Crippen LogP contribution is -2.07. The van der Waals surface area contributed by atoms with Crippen LogP contribution in [-0.4, -0.2) is 12.6 Å². The first kappa shape index (κ1) is 12.2. The predicted octanol–water partition coefficient (Wildman–Crippen LogP) is 3.59. The topological polar surface area (TPSA) is 75.1 Å². The monoisotopic (exact) mass is 243 g/mol. The van der Waals surface area contributed by atoms with E-state index < -0.39 is 0 Å². The van der Waals surface area contributed by atoms with Crippen molar-refractivity contribution in [3.63, 3.8) is 0 Å². The standard InChI is InChI=1S/C13H13N3O2/c14-16-15-12-8-4-7-11(12)9-18-13(17)10-5-2-1-3-6-10/h1-3,5-6H,4,7-9H2. The summed E-state index contributed by atoms with van der Waals surface area (Å²) in [7, 11) is 0. The number of ether oxygens (including phenoxy) is 1. The number of hydrogen-bond donors (Lipinski definition) is 0. The van der Waals surface area contributed by atoms with Gasteiger partial charge in [0.25, 0.3) is 0 Å². The van der Waals surface area contributed by atoms with E-state index in [4.69, 9.17) is 10.3 Å². The molecule has 0 saturated heterocycles. The average Bonchev–Trinajstić information content (AvgIpc) is 2.85. The van der Waals surface area contributed by atoms with E-state index in [1.807, 2.05) is 6.07 Å². The molecule has 1 aliphatic carbocycles. The van der Waals surface area contributed by atoms with Crippen molar-refractivity contribution in [2.24, 2.45) is 5.11 Å². The largest absolute Gasteiger partial charge is 0.458 e. The van der Waals surface area contributed by atoms with Gasteiger partial charge < -0.3 is 4.74 Å². The maximum Gasteiger partial charge on any atom is 0.338 e. The zero-order valence-electron chi connectivity index (χ0n) is 9.87. The van der Waals surface area contributed by atoms with E-state index >= 15 is 0 Å². The molecule has 0 amide bonds. The highest BCUT2D eigenvalue weighted by Gasteiger charge is 2.15. The van der Waals surface area contributed by atoms with Crippen LogP contribution in [0.5, 0.6) is 0 Å².